The molecule has 0 amide bonds. The minimum atomic E-state index is -1.59. The van der Waals surface area contributed by atoms with Gasteiger partial charge in [0, 0.05) is 42.3 Å². The van der Waals surface area contributed by atoms with E-state index in [0.29, 0.717) is 5.46 Å². The van der Waals surface area contributed by atoms with Crippen molar-refractivity contribution in [2.75, 3.05) is 0 Å². The maximum Gasteiger partial charge on any atom is 0.489 e. The number of fused-ring (bicyclic) bond motifs is 4. The van der Waals surface area contributed by atoms with Gasteiger partial charge in [0.25, 0.3) is 0 Å². The third-order valence-corrected chi connectivity index (χ3v) is 7.86. The first-order chi connectivity index (χ1) is 19.0. The summed E-state index contributed by atoms with van der Waals surface area (Å²) in [6, 6.07) is 18.6. The maximum atomic E-state index is 10.4. The summed E-state index contributed by atoms with van der Waals surface area (Å²) in [7, 11) is -1.59. The van der Waals surface area contributed by atoms with Gasteiger partial charge in [0.1, 0.15) is 0 Å². The molecule has 0 aliphatic rings. The van der Waals surface area contributed by atoms with Crippen LogP contribution in [0.4, 0.5) is 0 Å². The molecule has 3 nitrogen and oxygen atoms in total. The highest BCUT2D eigenvalue weighted by Gasteiger charge is 2.22. The highest BCUT2D eigenvalue weighted by molar-refractivity contribution is 7.27. The van der Waals surface area contributed by atoms with Gasteiger partial charge in [-0.2, -0.15) is 0 Å². The number of rotatable bonds is 7. The van der Waals surface area contributed by atoms with Crippen molar-refractivity contribution in [1.82, 2.24) is 4.57 Å². The second-order valence-electron chi connectivity index (χ2n) is 8.81. The standard InChI is InChI=1S/C32H28BNO2S.C2H6/c1-5-9-13-21(7-3)22-16-17-25-24(8-4)29(12-6-2)34(30(25)18-22)23-19-27-26-14-10-11-15-31(26)37-32(27)28(20-23)33(35)36;1-2/h5-20,35-36H,3-4H2,1-2H3;1-2H3/b9-5-,12-6-,21-13+;. The van der Waals surface area contributed by atoms with Crippen LogP contribution in [0.15, 0.2) is 98.1 Å². The SMILES string of the molecule is C=C/C(=C\C=C/C)c1ccc2c(C=C)c(/C=C\C)n(-c3cc(B(O)O)c4sc5ccccc5c4c3)c2c1.CC. The van der Waals surface area contributed by atoms with Crippen molar-refractivity contribution in [3.8, 4) is 5.69 Å². The van der Waals surface area contributed by atoms with E-state index in [1.807, 2.05) is 82.4 Å². The van der Waals surface area contributed by atoms with E-state index in [2.05, 4.69) is 60.2 Å². The summed E-state index contributed by atoms with van der Waals surface area (Å²) in [4.78, 5) is 0. The van der Waals surface area contributed by atoms with Gasteiger partial charge in [-0.15, -0.1) is 11.3 Å². The quantitative estimate of drug-likeness (QED) is 0.163. The first-order valence-electron chi connectivity index (χ1n) is 13.2. The largest absolute Gasteiger partial charge is 0.489 e. The lowest BCUT2D eigenvalue weighted by atomic mass is 9.79. The summed E-state index contributed by atoms with van der Waals surface area (Å²) in [5.74, 6) is 0. The molecule has 0 aliphatic heterocycles. The molecule has 0 atom stereocenters. The Hall–Kier alpha value is -3.90. The molecule has 0 aliphatic carbocycles. The predicted octanol–water partition coefficient (Wildman–Crippen LogP) is 8.53. The van der Waals surface area contributed by atoms with Crippen LogP contribution in [0.5, 0.6) is 0 Å². The Balaban J connectivity index is 0.00000172. The number of hydrogen-bond acceptors (Lipinski definition) is 3. The lowest BCUT2D eigenvalue weighted by Crippen LogP contribution is -2.30. The van der Waals surface area contributed by atoms with Crippen molar-refractivity contribution in [3.63, 3.8) is 0 Å². The van der Waals surface area contributed by atoms with Gasteiger partial charge >= 0.3 is 7.12 Å². The maximum absolute atomic E-state index is 10.4. The zero-order chi connectivity index (χ0) is 28.1. The summed E-state index contributed by atoms with van der Waals surface area (Å²) in [6.45, 7) is 16.1. The van der Waals surface area contributed by atoms with Gasteiger partial charge in [-0.25, -0.2) is 0 Å². The third-order valence-electron chi connectivity index (χ3n) is 6.62. The Morgan fingerprint density at radius 2 is 1.69 bits per heavy atom. The molecule has 0 saturated heterocycles. The third kappa shape index (κ3) is 5.09. The summed E-state index contributed by atoms with van der Waals surface area (Å²) < 4.78 is 4.18. The number of hydrogen-bond donors (Lipinski definition) is 2. The molecule has 0 bridgehead atoms. The van der Waals surface area contributed by atoms with Crippen LogP contribution in [0.2, 0.25) is 0 Å². The summed E-state index contributed by atoms with van der Waals surface area (Å²) in [5, 5.41) is 23.9. The molecular weight excluding hydrogens is 497 g/mol. The smallest absolute Gasteiger partial charge is 0.423 e. The van der Waals surface area contributed by atoms with E-state index in [0.717, 1.165) is 59.2 Å². The molecule has 0 saturated carbocycles. The van der Waals surface area contributed by atoms with Gasteiger partial charge in [0.2, 0.25) is 0 Å². The molecular formula is C34H34BNO2S. The fourth-order valence-corrected chi connectivity index (χ4v) is 6.18. The van der Waals surface area contributed by atoms with Crippen molar-refractivity contribution in [2.45, 2.75) is 27.7 Å². The lowest BCUT2D eigenvalue weighted by molar-refractivity contribution is 0.426. The molecule has 5 aromatic rings. The number of aromatic nitrogens is 1. The molecule has 3 aromatic carbocycles. The minimum absolute atomic E-state index is 0.498. The number of allylic oxidation sites excluding steroid dienone is 6. The molecule has 0 fully saturated rings. The van der Waals surface area contributed by atoms with E-state index in [1.165, 1.54) is 0 Å². The van der Waals surface area contributed by atoms with Crippen LogP contribution in [0.25, 0.3) is 54.5 Å². The van der Waals surface area contributed by atoms with E-state index in [-0.39, 0.29) is 0 Å². The van der Waals surface area contributed by atoms with E-state index in [9.17, 15) is 10.0 Å². The van der Waals surface area contributed by atoms with Gasteiger partial charge in [0.05, 0.1) is 11.2 Å². The van der Waals surface area contributed by atoms with E-state index < -0.39 is 7.12 Å². The van der Waals surface area contributed by atoms with Crippen LogP contribution in [-0.4, -0.2) is 21.7 Å². The summed E-state index contributed by atoms with van der Waals surface area (Å²) in [6.07, 6.45) is 13.9. The highest BCUT2D eigenvalue weighted by atomic mass is 32.1. The Bertz CT molecular complexity index is 1770. The van der Waals surface area contributed by atoms with E-state index in [4.69, 9.17) is 0 Å². The molecule has 2 heterocycles. The van der Waals surface area contributed by atoms with Crippen LogP contribution in [-0.2, 0) is 0 Å². The number of thiophene rings is 1. The Labute approximate surface area is 235 Å². The highest BCUT2D eigenvalue weighted by Crippen LogP contribution is 2.37. The second kappa shape index (κ2) is 12.3. The zero-order valence-corrected chi connectivity index (χ0v) is 23.8. The van der Waals surface area contributed by atoms with Crippen LogP contribution < -0.4 is 5.46 Å². The average molecular weight is 532 g/mol. The van der Waals surface area contributed by atoms with Gasteiger partial charge in [-0.1, -0.05) is 93.8 Å². The molecule has 0 radical (unpaired) electrons. The van der Waals surface area contributed by atoms with Gasteiger partial charge in [-0.05, 0) is 55.3 Å². The average Bonchev–Trinajstić information content (AvgIpc) is 3.49. The van der Waals surface area contributed by atoms with Crippen molar-refractivity contribution in [2.24, 2.45) is 0 Å². The Kier molecular flexibility index (Phi) is 8.88. The number of nitrogens with zero attached hydrogens (tertiary/aromatic N) is 1. The van der Waals surface area contributed by atoms with Crippen LogP contribution in [0.3, 0.4) is 0 Å². The Morgan fingerprint density at radius 3 is 2.36 bits per heavy atom. The molecule has 39 heavy (non-hydrogen) atoms. The topological polar surface area (TPSA) is 45.4 Å². The van der Waals surface area contributed by atoms with Crippen molar-refractivity contribution >= 4 is 72.7 Å². The molecule has 5 heteroatoms. The molecule has 5 rings (SSSR count). The van der Waals surface area contributed by atoms with Crippen molar-refractivity contribution in [3.05, 3.63) is 115 Å². The minimum Gasteiger partial charge on any atom is -0.423 e. The first kappa shape index (κ1) is 28.1. The predicted molar refractivity (Wildman–Crippen MR) is 175 cm³/mol. The van der Waals surface area contributed by atoms with Crippen LogP contribution in [0, 0.1) is 0 Å². The molecule has 0 unspecified atom stereocenters. The van der Waals surface area contributed by atoms with Crippen molar-refractivity contribution in [1.29, 1.82) is 0 Å². The molecule has 0 spiro atoms. The summed E-state index contributed by atoms with van der Waals surface area (Å²) >= 11 is 1.58. The fourth-order valence-electron chi connectivity index (χ4n) is 4.97. The van der Waals surface area contributed by atoms with E-state index >= 15 is 0 Å². The van der Waals surface area contributed by atoms with Gasteiger partial charge in [0.15, 0.2) is 0 Å². The second-order valence-corrected chi connectivity index (χ2v) is 9.86. The van der Waals surface area contributed by atoms with Crippen LogP contribution in [0.1, 0.15) is 44.5 Å². The first-order valence-corrected chi connectivity index (χ1v) is 14.0. The molecule has 2 N–H and O–H groups in total. The fraction of sp³-hybridized carbons (Fsp3) is 0.118. The number of benzene rings is 3. The van der Waals surface area contributed by atoms with Gasteiger partial charge in [-0.3, -0.25) is 0 Å². The summed E-state index contributed by atoms with van der Waals surface area (Å²) in [5.41, 5.74) is 6.44. The van der Waals surface area contributed by atoms with Gasteiger partial charge < -0.3 is 14.6 Å². The van der Waals surface area contributed by atoms with Crippen LogP contribution >= 0.6 is 11.3 Å². The lowest BCUT2D eigenvalue weighted by Gasteiger charge is -2.13. The molecule has 2 aromatic heterocycles. The molecule has 196 valence electrons. The van der Waals surface area contributed by atoms with Crippen molar-refractivity contribution < 1.29 is 10.0 Å². The monoisotopic (exact) mass is 531 g/mol. The zero-order valence-electron chi connectivity index (χ0n) is 23.0. The normalized spacial score (nSPS) is 12.0. The Morgan fingerprint density at radius 1 is 0.923 bits per heavy atom. The van der Waals surface area contributed by atoms with E-state index in [1.54, 1.807) is 11.3 Å².